The quantitative estimate of drug-likeness (QED) is 0.740. The topological polar surface area (TPSA) is 54.4 Å². The summed E-state index contributed by atoms with van der Waals surface area (Å²) < 4.78 is 0. The predicted octanol–water partition coefficient (Wildman–Crippen LogP) is 4.64. The van der Waals surface area contributed by atoms with Crippen molar-refractivity contribution in [2.45, 2.75) is 6.42 Å². The van der Waals surface area contributed by atoms with Crippen molar-refractivity contribution in [2.24, 2.45) is 5.92 Å². The van der Waals surface area contributed by atoms with Crippen molar-refractivity contribution in [3.05, 3.63) is 59.1 Å². The Balaban J connectivity index is 2.10. The van der Waals surface area contributed by atoms with Gasteiger partial charge in [0.25, 0.3) is 0 Å². The fourth-order valence-corrected chi connectivity index (χ4v) is 3.04. The van der Waals surface area contributed by atoms with Crippen LogP contribution >= 0.6 is 23.4 Å². The van der Waals surface area contributed by atoms with Gasteiger partial charge in [-0.1, -0.05) is 48.0 Å². The Kier molecular flexibility index (Phi) is 6.25. The van der Waals surface area contributed by atoms with Crippen molar-refractivity contribution in [1.82, 2.24) is 0 Å². The second kappa shape index (κ2) is 8.18. The molecule has 23 heavy (non-hydrogen) atoms. The number of Topliss-reactive ketones (excluding diaryl/α,β-unsaturated/α-hetero) is 1. The van der Waals surface area contributed by atoms with Gasteiger partial charge < -0.3 is 5.11 Å². The number of rotatable bonds is 7. The lowest BCUT2D eigenvalue weighted by molar-refractivity contribution is -0.140. The highest BCUT2D eigenvalue weighted by Crippen LogP contribution is 2.23. The average Bonchev–Trinajstić information content (AvgIpc) is 2.55. The number of hydrogen-bond donors (Lipinski definition) is 1. The molecule has 1 N–H and O–H groups in total. The van der Waals surface area contributed by atoms with Crippen molar-refractivity contribution in [2.75, 3.05) is 12.0 Å². The molecule has 1 unspecified atom stereocenters. The Labute approximate surface area is 144 Å². The minimum absolute atomic E-state index is 0.0243. The SMILES string of the molecule is CSCC(CC(=O)c1ccc(-c2ccc(Cl)cc2)cc1)C(=O)O. The van der Waals surface area contributed by atoms with Gasteiger partial charge in [0, 0.05) is 22.8 Å². The van der Waals surface area contributed by atoms with Crippen LogP contribution in [0.1, 0.15) is 16.8 Å². The number of ketones is 1. The summed E-state index contributed by atoms with van der Waals surface area (Å²) in [4.78, 5) is 23.4. The molecule has 0 spiro atoms. The van der Waals surface area contributed by atoms with Gasteiger partial charge in [0.1, 0.15) is 0 Å². The van der Waals surface area contributed by atoms with E-state index in [0.29, 0.717) is 16.3 Å². The lowest BCUT2D eigenvalue weighted by Crippen LogP contribution is -2.20. The Hall–Kier alpha value is -1.78. The van der Waals surface area contributed by atoms with Crippen molar-refractivity contribution >= 4 is 35.1 Å². The summed E-state index contributed by atoms with van der Waals surface area (Å²) in [5.74, 6) is -1.28. The normalized spacial score (nSPS) is 11.9. The van der Waals surface area contributed by atoms with Crippen molar-refractivity contribution < 1.29 is 14.7 Å². The van der Waals surface area contributed by atoms with E-state index >= 15 is 0 Å². The third-order valence-electron chi connectivity index (χ3n) is 3.53. The molecule has 0 radical (unpaired) electrons. The maximum Gasteiger partial charge on any atom is 0.307 e. The first-order valence-electron chi connectivity index (χ1n) is 7.12. The zero-order chi connectivity index (χ0) is 16.8. The molecule has 3 nitrogen and oxygen atoms in total. The Bertz CT molecular complexity index is 680. The third kappa shape index (κ3) is 4.85. The van der Waals surface area contributed by atoms with E-state index in [1.807, 2.05) is 42.7 Å². The molecule has 5 heteroatoms. The van der Waals surface area contributed by atoms with Crippen LogP contribution in [0, 0.1) is 5.92 Å². The van der Waals surface area contributed by atoms with E-state index in [-0.39, 0.29) is 12.2 Å². The molecule has 2 rings (SSSR count). The molecule has 0 aliphatic heterocycles. The van der Waals surface area contributed by atoms with Gasteiger partial charge >= 0.3 is 5.97 Å². The second-order valence-corrected chi connectivity index (χ2v) is 6.55. The van der Waals surface area contributed by atoms with E-state index < -0.39 is 11.9 Å². The molecule has 0 bridgehead atoms. The first-order valence-corrected chi connectivity index (χ1v) is 8.89. The van der Waals surface area contributed by atoms with Crippen LogP contribution in [0.2, 0.25) is 5.02 Å². The molecule has 0 fully saturated rings. The number of benzene rings is 2. The van der Waals surface area contributed by atoms with E-state index in [1.165, 1.54) is 11.8 Å². The van der Waals surface area contributed by atoms with Crippen LogP contribution in [0.5, 0.6) is 0 Å². The average molecular weight is 349 g/mol. The smallest absolute Gasteiger partial charge is 0.307 e. The molecule has 0 amide bonds. The van der Waals surface area contributed by atoms with Gasteiger partial charge in [-0.3, -0.25) is 9.59 Å². The number of hydrogen-bond acceptors (Lipinski definition) is 3. The summed E-state index contributed by atoms with van der Waals surface area (Å²) >= 11 is 7.30. The van der Waals surface area contributed by atoms with Crippen LogP contribution in [-0.2, 0) is 4.79 Å². The van der Waals surface area contributed by atoms with Gasteiger partial charge in [-0.2, -0.15) is 11.8 Å². The van der Waals surface area contributed by atoms with E-state index in [4.69, 9.17) is 16.7 Å². The predicted molar refractivity (Wildman–Crippen MR) is 95.3 cm³/mol. The Morgan fingerprint density at radius 2 is 1.57 bits per heavy atom. The number of carbonyl (C=O) groups is 2. The molecule has 0 saturated carbocycles. The highest BCUT2D eigenvalue weighted by atomic mass is 35.5. The molecule has 0 saturated heterocycles. The first kappa shape index (κ1) is 17.6. The number of carbonyl (C=O) groups excluding carboxylic acids is 1. The van der Waals surface area contributed by atoms with Gasteiger partial charge in [0.2, 0.25) is 0 Å². The largest absolute Gasteiger partial charge is 0.481 e. The summed E-state index contributed by atoms with van der Waals surface area (Å²) in [6.07, 6.45) is 1.86. The number of carboxylic acids is 1. The van der Waals surface area contributed by atoms with E-state index in [1.54, 1.807) is 12.1 Å². The first-order chi connectivity index (χ1) is 11.0. The maximum atomic E-state index is 12.2. The molecular weight excluding hydrogens is 332 g/mol. The number of aliphatic carboxylic acids is 1. The van der Waals surface area contributed by atoms with E-state index in [9.17, 15) is 9.59 Å². The summed E-state index contributed by atoms with van der Waals surface area (Å²) in [7, 11) is 0. The molecule has 0 aromatic heterocycles. The van der Waals surface area contributed by atoms with Crippen molar-refractivity contribution in [3.8, 4) is 11.1 Å². The zero-order valence-corrected chi connectivity index (χ0v) is 14.2. The van der Waals surface area contributed by atoms with E-state index in [2.05, 4.69) is 0 Å². The standard InChI is InChI=1S/C18H17ClO3S/c1-23-11-15(18(21)22)10-17(20)14-4-2-12(3-5-14)13-6-8-16(19)9-7-13/h2-9,15H,10-11H2,1H3,(H,21,22). The lowest BCUT2D eigenvalue weighted by Gasteiger charge is -2.10. The van der Waals surface area contributed by atoms with Gasteiger partial charge in [-0.25, -0.2) is 0 Å². The van der Waals surface area contributed by atoms with Gasteiger partial charge in [-0.05, 0) is 29.5 Å². The maximum absolute atomic E-state index is 12.2. The summed E-state index contributed by atoms with van der Waals surface area (Å²) in [6.45, 7) is 0. The fraction of sp³-hybridized carbons (Fsp3) is 0.222. The Morgan fingerprint density at radius 3 is 2.04 bits per heavy atom. The number of carboxylic acid groups (broad SMARTS) is 1. The van der Waals surface area contributed by atoms with Crippen LogP contribution in [0.25, 0.3) is 11.1 Å². The van der Waals surface area contributed by atoms with Gasteiger partial charge in [-0.15, -0.1) is 0 Å². The third-order valence-corrected chi connectivity index (χ3v) is 4.52. The van der Waals surface area contributed by atoms with Crippen LogP contribution < -0.4 is 0 Å². The second-order valence-electron chi connectivity index (χ2n) is 5.20. The molecule has 0 aliphatic rings. The van der Waals surface area contributed by atoms with Gasteiger partial charge in [0.05, 0.1) is 5.92 Å². The van der Waals surface area contributed by atoms with Crippen LogP contribution in [0.15, 0.2) is 48.5 Å². The van der Waals surface area contributed by atoms with Crippen LogP contribution in [0.3, 0.4) is 0 Å². The number of halogens is 1. The van der Waals surface area contributed by atoms with Crippen molar-refractivity contribution in [3.63, 3.8) is 0 Å². The summed E-state index contributed by atoms with van der Waals surface area (Å²) in [5, 5.41) is 9.81. The molecule has 2 aromatic rings. The van der Waals surface area contributed by atoms with Crippen molar-refractivity contribution in [1.29, 1.82) is 0 Å². The molecule has 0 heterocycles. The lowest BCUT2D eigenvalue weighted by atomic mass is 9.97. The monoisotopic (exact) mass is 348 g/mol. The highest BCUT2D eigenvalue weighted by Gasteiger charge is 2.21. The molecule has 1 atom stereocenters. The molecule has 120 valence electrons. The minimum Gasteiger partial charge on any atom is -0.481 e. The molecule has 0 aliphatic carbocycles. The van der Waals surface area contributed by atoms with Crippen LogP contribution in [0.4, 0.5) is 0 Å². The highest BCUT2D eigenvalue weighted by molar-refractivity contribution is 7.98. The molecular formula is C18H17ClO3S. The zero-order valence-electron chi connectivity index (χ0n) is 12.7. The van der Waals surface area contributed by atoms with Crippen LogP contribution in [-0.4, -0.2) is 28.9 Å². The summed E-state index contributed by atoms with van der Waals surface area (Å²) in [6, 6.07) is 14.7. The van der Waals surface area contributed by atoms with E-state index in [0.717, 1.165) is 11.1 Å². The fourth-order valence-electron chi connectivity index (χ4n) is 2.25. The number of thioether (sulfide) groups is 1. The summed E-state index contributed by atoms with van der Waals surface area (Å²) in [5.41, 5.74) is 2.53. The Morgan fingerprint density at radius 1 is 1.04 bits per heavy atom. The molecule has 2 aromatic carbocycles. The van der Waals surface area contributed by atoms with Gasteiger partial charge in [0.15, 0.2) is 5.78 Å². The minimum atomic E-state index is -0.925.